The van der Waals surface area contributed by atoms with Gasteiger partial charge in [-0.15, -0.1) is 0 Å². The van der Waals surface area contributed by atoms with E-state index in [1.807, 2.05) is 47.4 Å². The lowest BCUT2D eigenvalue weighted by Crippen LogP contribution is -2.58. The number of amides is 2. The van der Waals surface area contributed by atoms with E-state index in [4.69, 9.17) is 9.47 Å². The normalized spacial score (nSPS) is 36.5. The van der Waals surface area contributed by atoms with Crippen LogP contribution in [-0.4, -0.2) is 75.7 Å². The molecule has 1 aromatic carbocycles. The van der Waals surface area contributed by atoms with Crippen molar-refractivity contribution in [1.29, 1.82) is 0 Å². The average molecular weight is 507 g/mol. The minimum Gasteiger partial charge on any atom is -0.461 e. The third-order valence-electron chi connectivity index (χ3n) is 8.99. The van der Waals surface area contributed by atoms with Gasteiger partial charge in [0.2, 0.25) is 11.8 Å². The van der Waals surface area contributed by atoms with E-state index in [9.17, 15) is 19.5 Å². The summed E-state index contributed by atoms with van der Waals surface area (Å²) in [5.74, 6) is -2.89. The average Bonchev–Trinajstić information content (AvgIpc) is 3.16. The van der Waals surface area contributed by atoms with Crippen LogP contribution >= 0.6 is 0 Å². The molecule has 2 saturated heterocycles. The molecule has 1 spiro atoms. The molecule has 1 saturated carbocycles. The topological polar surface area (TPSA) is 96.4 Å². The molecule has 1 N–H and O–H groups in total. The van der Waals surface area contributed by atoms with E-state index < -0.39 is 41.1 Å². The van der Waals surface area contributed by atoms with E-state index in [-0.39, 0.29) is 31.1 Å². The fourth-order valence-corrected chi connectivity index (χ4v) is 7.40. The van der Waals surface area contributed by atoms with Gasteiger partial charge in [-0.2, -0.15) is 0 Å². The Bertz CT molecular complexity index is 1140. The zero-order valence-electron chi connectivity index (χ0n) is 21.1. The minimum absolute atomic E-state index is 0.0914. The van der Waals surface area contributed by atoms with Crippen molar-refractivity contribution in [3.8, 4) is 0 Å². The van der Waals surface area contributed by atoms with Crippen molar-refractivity contribution in [2.45, 2.75) is 68.4 Å². The van der Waals surface area contributed by atoms with Crippen molar-refractivity contribution in [3.05, 3.63) is 60.2 Å². The van der Waals surface area contributed by atoms with Gasteiger partial charge in [0, 0.05) is 12.6 Å². The maximum Gasteiger partial charge on any atom is 0.313 e. The standard InChI is InChI=1S/C29H34N2O6/c1-28-14-9-17-36-27(35)23(28)22-25(33)31(21(18-32)19-10-4-2-5-11-19)24-26(34)30(20-12-6-3-7-13-20)16-8-15-29(22,24)37-28/h2,4-5,8-11,14-15,20-24,32H,3,6-7,12-13,16-18H2,1H3/t21-,22+,23+,24?,28-,29+/m1/s1. The van der Waals surface area contributed by atoms with Gasteiger partial charge in [-0.25, -0.2) is 0 Å². The maximum absolute atomic E-state index is 14.5. The van der Waals surface area contributed by atoms with Crippen LogP contribution in [0.15, 0.2) is 54.6 Å². The smallest absolute Gasteiger partial charge is 0.313 e. The number of aliphatic hydroxyl groups excluding tert-OH is 1. The number of aliphatic hydroxyl groups is 1. The van der Waals surface area contributed by atoms with Crippen molar-refractivity contribution >= 4 is 17.8 Å². The third kappa shape index (κ3) is 3.60. The molecule has 3 fully saturated rings. The molecular weight excluding hydrogens is 472 g/mol. The van der Waals surface area contributed by atoms with Crippen molar-refractivity contribution in [3.63, 3.8) is 0 Å². The van der Waals surface area contributed by atoms with Gasteiger partial charge in [0.05, 0.1) is 24.2 Å². The number of carbonyl (C=O) groups excluding carboxylic acids is 3. The van der Waals surface area contributed by atoms with Gasteiger partial charge in [0.25, 0.3) is 0 Å². The molecule has 37 heavy (non-hydrogen) atoms. The second kappa shape index (κ2) is 9.10. The number of carbonyl (C=O) groups is 3. The first kappa shape index (κ1) is 24.4. The SMILES string of the molecule is C[C@@]12C=CCOC(=O)[C@@H]1[C@H]1C(=O)N([C@H](CO)c3ccccc3)C3C(=O)N(C4CCCCC4)CC=C[C@@]31O2. The number of ether oxygens (including phenoxy) is 2. The van der Waals surface area contributed by atoms with Crippen molar-refractivity contribution in [2.24, 2.45) is 11.8 Å². The Morgan fingerprint density at radius 3 is 2.49 bits per heavy atom. The monoisotopic (exact) mass is 506 g/mol. The van der Waals surface area contributed by atoms with Gasteiger partial charge in [0.15, 0.2) is 0 Å². The van der Waals surface area contributed by atoms with Gasteiger partial charge >= 0.3 is 5.97 Å². The Hall–Kier alpha value is -2.97. The van der Waals surface area contributed by atoms with Crippen LogP contribution in [0.1, 0.15) is 50.6 Å². The number of benzene rings is 1. The van der Waals surface area contributed by atoms with E-state index >= 15 is 0 Å². The highest BCUT2D eigenvalue weighted by atomic mass is 16.6. The van der Waals surface area contributed by atoms with Gasteiger partial charge in [-0.1, -0.05) is 67.8 Å². The van der Waals surface area contributed by atoms with E-state index in [0.717, 1.165) is 37.7 Å². The summed E-state index contributed by atoms with van der Waals surface area (Å²) in [7, 11) is 0. The first-order chi connectivity index (χ1) is 17.9. The van der Waals surface area contributed by atoms with Crippen LogP contribution < -0.4 is 0 Å². The molecule has 196 valence electrons. The Morgan fingerprint density at radius 2 is 1.76 bits per heavy atom. The maximum atomic E-state index is 14.5. The molecule has 4 heterocycles. The van der Waals surface area contributed by atoms with Crippen LogP contribution in [0.2, 0.25) is 0 Å². The first-order valence-corrected chi connectivity index (χ1v) is 13.4. The molecule has 1 aliphatic carbocycles. The molecule has 8 heteroatoms. The van der Waals surface area contributed by atoms with Gasteiger partial charge in [-0.3, -0.25) is 14.4 Å². The number of nitrogens with zero attached hydrogens (tertiary/aromatic N) is 2. The lowest BCUT2D eigenvalue weighted by Gasteiger charge is -2.42. The second-order valence-electron chi connectivity index (χ2n) is 11.1. The van der Waals surface area contributed by atoms with Crippen molar-refractivity contribution < 1.29 is 29.0 Å². The highest BCUT2D eigenvalue weighted by Crippen LogP contribution is 2.58. The van der Waals surface area contributed by atoms with E-state index in [2.05, 4.69) is 0 Å². The van der Waals surface area contributed by atoms with Crippen LogP contribution in [0.4, 0.5) is 0 Å². The van der Waals surface area contributed by atoms with Crippen LogP contribution in [0.25, 0.3) is 0 Å². The molecule has 6 rings (SSSR count). The molecule has 2 amide bonds. The van der Waals surface area contributed by atoms with Crippen LogP contribution in [0, 0.1) is 11.8 Å². The summed E-state index contributed by atoms with van der Waals surface area (Å²) < 4.78 is 12.2. The highest BCUT2D eigenvalue weighted by molar-refractivity contribution is 5.99. The fraction of sp³-hybridized carbons (Fsp3) is 0.552. The van der Waals surface area contributed by atoms with E-state index in [1.54, 1.807) is 19.1 Å². The van der Waals surface area contributed by atoms with E-state index in [1.165, 1.54) is 4.90 Å². The number of cyclic esters (lactones) is 1. The molecule has 1 unspecified atom stereocenters. The molecular formula is C29H34N2O6. The van der Waals surface area contributed by atoms with Crippen LogP contribution in [0.5, 0.6) is 0 Å². The number of rotatable bonds is 4. The van der Waals surface area contributed by atoms with Crippen LogP contribution in [0.3, 0.4) is 0 Å². The summed E-state index contributed by atoms with van der Waals surface area (Å²) in [5, 5.41) is 10.6. The Balaban J connectivity index is 1.51. The molecule has 5 aliphatic rings. The van der Waals surface area contributed by atoms with Crippen molar-refractivity contribution in [2.75, 3.05) is 19.8 Å². The Morgan fingerprint density at radius 1 is 1.00 bits per heavy atom. The summed E-state index contributed by atoms with van der Waals surface area (Å²) in [6.07, 6.45) is 12.5. The molecule has 0 bridgehead atoms. The fourth-order valence-electron chi connectivity index (χ4n) is 7.40. The summed E-state index contributed by atoms with van der Waals surface area (Å²) >= 11 is 0. The highest BCUT2D eigenvalue weighted by Gasteiger charge is 2.75. The zero-order chi connectivity index (χ0) is 25.8. The van der Waals surface area contributed by atoms with Gasteiger partial charge in [0.1, 0.15) is 24.2 Å². The Kier molecular flexibility index (Phi) is 5.99. The second-order valence-corrected chi connectivity index (χ2v) is 11.1. The summed E-state index contributed by atoms with van der Waals surface area (Å²) in [4.78, 5) is 45.6. The van der Waals surface area contributed by atoms with E-state index in [0.29, 0.717) is 6.54 Å². The molecule has 0 radical (unpaired) electrons. The number of hydrogen-bond acceptors (Lipinski definition) is 6. The summed E-state index contributed by atoms with van der Waals surface area (Å²) in [6.45, 7) is 1.98. The van der Waals surface area contributed by atoms with Crippen LogP contribution in [-0.2, 0) is 23.9 Å². The summed E-state index contributed by atoms with van der Waals surface area (Å²) in [5.41, 5.74) is -1.71. The lowest BCUT2D eigenvalue weighted by molar-refractivity contribution is -0.160. The van der Waals surface area contributed by atoms with Crippen molar-refractivity contribution in [1.82, 2.24) is 9.80 Å². The molecule has 0 aromatic heterocycles. The number of fused-ring (bicyclic) bond motifs is 2. The van der Waals surface area contributed by atoms with Gasteiger partial charge < -0.3 is 24.4 Å². The molecule has 1 aromatic rings. The largest absolute Gasteiger partial charge is 0.461 e. The first-order valence-electron chi connectivity index (χ1n) is 13.4. The summed E-state index contributed by atoms with van der Waals surface area (Å²) in [6, 6.07) is 7.58. The van der Waals surface area contributed by atoms with Gasteiger partial charge in [-0.05, 0) is 31.4 Å². The number of likely N-dealkylation sites (tertiary alicyclic amines) is 1. The molecule has 6 atom stereocenters. The number of hydrogen-bond donors (Lipinski definition) is 1. The predicted octanol–water partition coefficient (Wildman–Crippen LogP) is 2.54. The number of esters is 1. The molecule has 8 nitrogen and oxygen atoms in total. The lowest BCUT2D eigenvalue weighted by atomic mass is 9.74. The third-order valence-corrected chi connectivity index (χ3v) is 8.99. The quantitative estimate of drug-likeness (QED) is 0.498. The zero-order valence-corrected chi connectivity index (χ0v) is 21.1. The predicted molar refractivity (Wildman–Crippen MR) is 134 cm³/mol. The molecule has 4 aliphatic heterocycles. The Labute approximate surface area is 216 Å². The minimum atomic E-state index is -1.35.